The molecule has 0 saturated heterocycles. The van der Waals surface area contributed by atoms with Crippen molar-refractivity contribution < 1.29 is 9.94 Å². The molecule has 0 aromatic heterocycles. The number of amidine groups is 1. The SMILES string of the molecule is C=C1N=C(SC)N(CCCCO)O1. The predicted octanol–water partition coefficient (Wildman–Crippen LogP) is 1.20. The van der Waals surface area contributed by atoms with Gasteiger partial charge in [0, 0.05) is 6.61 Å². The van der Waals surface area contributed by atoms with Crippen LogP contribution in [-0.2, 0) is 4.84 Å². The Labute approximate surface area is 82.2 Å². The summed E-state index contributed by atoms with van der Waals surface area (Å²) in [6.07, 6.45) is 3.62. The van der Waals surface area contributed by atoms with E-state index in [4.69, 9.17) is 9.94 Å². The number of aliphatic hydroxyl groups excluding tert-OH is 1. The van der Waals surface area contributed by atoms with Gasteiger partial charge in [0.2, 0.25) is 11.1 Å². The summed E-state index contributed by atoms with van der Waals surface area (Å²) in [5.41, 5.74) is 0. The van der Waals surface area contributed by atoms with Gasteiger partial charge in [0.25, 0.3) is 0 Å². The molecule has 4 nitrogen and oxygen atoms in total. The Kier molecular flexibility index (Phi) is 4.11. The van der Waals surface area contributed by atoms with E-state index in [9.17, 15) is 0 Å². The van der Waals surface area contributed by atoms with Crippen molar-refractivity contribution in [1.82, 2.24) is 5.06 Å². The van der Waals surface area contributed by atoms with Crippen molar-refractivity contribution in [2.75, 3.05) is 19.4 Å². The number of rotatable bonds is 4. The fraction of sp³-hybridized carbons (Fsp3) is 0.625. The molecular weight excluding hydrogens is 188 g/mol. The molecule has 1 heterocycles. The zero-order valence-electron chi connectivity index (χ0n) is 7.69. The van der Waals surface area contributed by atoms with Gasteiger partial charge in [0.1, 0.15) is 0 Å². The van der Waals surface area contributed by atoms with Crippen molar-refractivity contribution in [3.8, 4) is 0 Å². The number of hydroxylamine groups is 2. The van der Waals surface area contributed by atoms with Crippen LogP contribution in [0.5, 0.6) is 0 Å². The molecule has 0 aromatic carbocycles. The molecule has 1 rings (SSSR count). The maximum absolute atomic E-state index is 8.60. The van der Waals surface area contributed by atoms with Gasteiger partial charge >= 0.3 is 0 Å². The van der Waals surface area contributed by atoms with Gasteiger partial charge in [-0.15, -0.1) is 0 Å². The molecule has 1 aliphatic heterocycles. The first-order valence-corrected chi connectivity index (χ1v) is 5.38. The molecule has 0 bridgehead atoms. The van der Waals surface area contributed by atoms with Crippen molar-refractivity contribution in [3.63, 3.8) is 0 Å². The quantitative estimate of drug-likeness (QED) is 0.696. The minimum Gasteiger partial charge on any atom is -0.396 e. The molecule has 0 fully saturated rings. The molecule has 0 spiro atoms. The summed E-state index contributed by atoms with van der Waals surface area (Å²) in [5, 5.41) is 11.1. The van der Waals surface area contributed by atoms with Gasteiger partial charge in [-0.05, 0) is 25.7 Å². The lowest BCUT2D eigenvalue weighted by Gasteiger charge is -2.16. The predicted molar refractivity (Wildman–Crippen MR) is 54.2 cm³/mol. The minimum absolute atomic E-state index is 0.223. The van der Waals surface area contributed by atoms with Crippen LogP contribution in [0.1, 0.15) is 12.8 Å². The Hall–Kier alpha value is -0.680. The monoisotopic (exact) mass is 202 g/mol. The zero-order valence-corrected chi connectivity index (χ0v) is 8.51. The Bertz CT molecular complexity index is 218. The highest BCUT2D eigenvalue weighted by Gasteiger charge is 2.19. The Morgan fingerprint density at radius 3 is 3.00 bits per heavy atom. The lowest BCUT2D eigenvalue weighted by molar-refractivity contribution is -0.0338. The van der Waals surface area contributed by atoms with Gasteiger partial charge in [-0.2, -0.15) is 10.1 Å². The topological polar surface area (TPSA) is 45.1 Å². The Morgan fingerprint density at radius 2 is 2.38 bits per heavy atom. The summed E-state index contributed by atoms with van der Waals surface area (Å²) in [6.45, 7) is 4.59. The van der Waals surface area contributed by atoms with Crippen LogP contribution in [0.2, 0.25) is 0 Å². The van der Waals surface area contributed by atoms with Crippen molar-refractivity contribution in [3.05, 3.63) is 12.5 Å². The smallest absolute Gasteiger partial charge is 0.241 e. The Morgan fingerprint density at radius 1 is 1.62 bits per heavy atom. The molecule has 5 heteroatoms. The van der Waals surface area contributed by atoms with Gasteiger partial charge in [0.15, 0.2) is 0 Å². The van der Waals surface area contributed by atoms with E-state index in [-0.39, 0.29) is 6.61 Å². The van der Waals surface area contributed by atoms with Crippen LogP contribution < -0.4 is 0 Å². The van der Waals surface area contributed by atoms with E-state index in [0.717, 1.165) is 24.6 Å². The number of unbranched alkanes of at least 4 members (excludes halogenated alkanes) is 1. The number of aliphatic hydroxyl groups is 1. The van der Waals surface area contributed by atoms with E-state index >= 15 is 0 Å². The zero-order chi connectivity index (χ0) is 9.68. The molecule has 74 valence electrons. The average Bonchev–Trinajstić information content (AvgIpc) is 2.47. The Balaban J connectivity index is 2.34. The highest BCUT2D eigenvalue weighted by atomic mass is 32.2. The van der Waals surface area contributed by atoms with E-state index in [2.05, 4.69) is 11.6 Å². The van der Waals surface area contributed by atoms with Gasteiger partial charge in [-0.1, -0.05) is 11.8 Å². The molecule has 0 atom stereocenters. The molecule has 0 amide bonds. The molecule has 0 radical (unpaired) electrons. The van der Waals surface area contributed by atoms with Gasteiger partial charge in [-0.3, -0.25) is 0 Å². The van der Waals surface area contributed by atoms with Crippen molar-refractivity contribution in [1.29, 1.82) is 0 Å². The molecule has 0 unspecified atom stereocenters. The number of hydrogen-bond acceptors (Lipinski definition) is 5. The van der Waals surface area contributed by atoms with Crippen molar-refractivity contribution >= 4 is 16.9 Å². The first kappa shape index (κ1) is 10.4. The third kappa shape index (κ3) is 2.93. The summed E-state index contributed by atoms with van der Waals surface area (Å²) in [5.74, 6) is 0.438. The molecule has 1 N–H and O–H groups in total. The third-order valence-corrected chi connectivity index (χ3v) is 2.26. The second-order valence-electron chi connectivity index (χ2n) is 2.62. The maximum Gasteiger partial charge on any atom is 0.241 e. The summed E-state index contributed by atoms with van der Waals surface area (Å²) in [7, 11) is 0. The summed E-state index contributed by atoms with van der Waals surface area (Å²) in [6, 6.07) is 0. The molecule has 1 aliphatic rings. The molecule has 13 heavy (non-hydrogen) atoms. The normalized spacial score (nSPS) is 16.0. The lowest BCUT2D eigenvalue weighted by atomic mass is 10.3. The van der Waals surface area contributed by atoms with E-state index in [1.807, 2.05) is 6.26 Å². The third-order valence-electron chi connectivity index (χ3n) is 1.60. The second-order valence-corrected chi connectivity index (χ2v) is 3.39. The van der Waals surface area contributed by atoms with E-state index in [1.165, 1.54) is 11.8 Å². The van der Waals surface area contributed by atoms with Gasteiger partial charge in [0.05, 0.1) is 6.54 Å². The van der Waals surface area contributed by atoms with Gasteiger partial charge < -0.3 is 9.94 Å². The highest BCUT2D eigenvalue weighted by Crippen LogP contribution is 2.19. The number of aliphatic imine (C=N–C) groups is 1. The second kappa shape index (κ2) is 5.14. The van der Waals surface area contributed by atoms with Crippen LogP contribution in [0.4, 0.5) is 0 Å². The molecule has 0 aliphatic carbocycles. The summed E-state index contributed by atoms with van der Waals surface area (Å²) < 4.78 is 0. The van der Waals surface area contributed by atoms with Crippen LogP contribution in [0.25, 0.3) is 0 Å². The number of nitrogens with zero attached hydrogens (tertiary/aromatic N) is 2. The fourth-order valence-electron chi connectivity index (χ4n) is 1.01. The van der Waals surface area contributed by atoms with Crippen LogP contribution in [0.15, 0.2) is 17.5 Å². The minimum atomic E-state index is 0.223. The van der Waals surface area contributed by atoms with Gasteiger partial charge in [-0.25, -0.2) is 0 Å². The van der Waals surface area contributed by atoms with E-state index < -0.39 is 0 Å². The first-order chi connectivity index (χ1) is 6.27. The number of hydrogen-bond donors (Lipinski definition) is 1. The van der Waals surface area contributed by atoms with Crippen molar-refractivity contribution in [2.24, 2.45) is 4.99 Å². The summed E-state index contributed by atoms with van der Waals surface area (Å²) in [4.78, 5) is 9.34. The number of thioether (sulfide) groups is 1. The van der Waals surface area contributed by atoms with Crippen LogP contribution in [0.3, 0.4) is 0 Å². The first-order valence-electron chi connectivity index (χ1n) is 4.16. The molecule has 0 aromatic rings. The van der Waals surface area contributed by atoms with Crippen molar-refractivity contribution in [2.45, 2.75) is 12.8 Å². The van der Waals surface area contributed by atoms with E-state index in [1.54, 1.807) is 5.06 Å². The summed E-state index contributed by atoms with van der Waals surface area (Å²) >= 11 is 1.53. The van der Waals surface area contributed by atoms with E-state index in [0.29, 0.717) is 5.88 Å². The van der Waals surface area contributed by atoms with Crippen LogP contribution in [-0.4, -0.2) is 34.7 Å². The lowest BCUT2D eigenvalue weighted by Crippen LogP contribution is -2.24. The van der Waals surface area contributed by atoms with Crippen LogP contribution >= 0.6 is 11.8 Å². The maximum atomic E-state index is 8.60. The largest absolute Gasteiger partial charge is 0.396 e. The molecular formula is C8H14N2O2S. The average molecular weight is 202 g/mol. The fourth-order valence-corrected chi connectivity index (χ4v) is 1.53. The standard InChI is InChI=1S/C8H14N2O2S/c1-7-9-8(13-2)10(12-7)5-3-4-6-11/h11H,1,3-6H2,2H3. The molecule has 0 saturated carbocycles. The highest BCUT2D eigenvalue weighted by molar-refractivity contribution is 8.13. The van der Waals surface area contributed by atoms with Crippen LogP contribution in [0, 0.1) is 0 Å².